The third-order valence-electron chi connectivity index (χ3n) is 7.17. The summed E-state index contributed by atoms with van der Waals surface area (Å²) < 4.78 is 0. The van der Waals surface area contributed by atoms with Crippen molar-refractivity contribution in [1.29, 1.82) is 0 Å². The molecule has 1 heterocycles. The van der Waals surface area contributed by atoms with E-state index in [1.165, 1.54) is 49.7 Å². The zero-order chi connectivity index (χ0) is 16.1. The number of hydrogen-bond donors (Lipinski definition) is 2. The molecule has 1 aromatic carbocycles. The Balaban J connectivity index is 1.29. The molecule has 1 amide bonds. The van der Waals surface area contributed by atoms with Crippen molar-refractivity contribution in [3.63, 3.8) is 0 Å². The normalized spacial score (nSPS) is 39.5. The van der Waals surface area contributed by atoms with Gasteiger partial charge in [0.05, 0.1) is 0 Å². The summed E-state index contributed by atoms with van der Waals surface area (Å²) in [6.45, 7) is 1.79. The molecule has 5 aliphatic rings. The first kappa shape index (κ1) is 14.9. The number of hydrogen-bond acceptors (Lipinski definition) is 2. The predicted molar refractivity (Wildman–Crippen MR) is 94.5 cm³/mol. The highest BCUT2D eigenvalue weighted by Crippen LogP contribution is 2.59. The van der Waals surface area contributed by atoms with Crippen LogP contribution in [0.5, 0.6) is 0 Å². The summed E-state index contributed by atoms with van der Waals surface area (Å²) in [6.07, 6.45) is 9.48. The predicted octanol–water partition coefficient (Wildman–Crippen LogP) is 3.21. The topological polar surface area (TPSA) is 41.1 Å². The second kappa shape index (κ2) is 5.59. The quantitative estimate of drug-likeness (QED) is 0.896. The van der Waals surface area contributed by atoms with Gasteiger partial charge in [-0.1, -0.05) is 24.3 Å². The van der Waals surface area contributed by atoms with Gasteiger partial charge >= 0.3 is 0 Å². The molecule has 3 nitrogen and oxygen atoms in total. The van der Waals surface area contributed by atoms with Gasteiger partial charge in [0.15, 0.2) is 0 Å². The molecule has 4 bridgehead atoms. The number of amides is 1. The highest BCUT2D eigenvalue weighted by molar-refractivity contribution is 5.84. The molecule has 128 valence electrons. The average molecular weight is 324 g/mol. The number of rotatable bonds is 3. The molecule has 4 aliphatic carbocycles. The van der Waals surface area contributed by atoms with Crippen molar-refractivity contribution in [2.75, 3.05) is 13.1 Å². The van der Waals surface area contributed by atoms with Crippen molar-refractivity contribution < 1.29 is 4.79 Å². The monoisotopic (exact) mass is 324 g/mol. The van der Waals surface area contributed by atoms with Gasteiger partial charge in [-0.3, -0.25) is 4.79 Å². The Hall–Kier alpha value is -1.35. The van der Waals surface area contributed by atoms with Crippen molar-refractivity contribution >= 4 is 5.91 Å². The molecule has 0 spiro atoms. The molecule has 1 atom stereocenters. The van der Waals surface area contributed by atoms with Crippen molar-refractivity contribution in [2.24, 2.45) is 23.2 Å². The maximum Gasteiger partial charge on any atom is 0.241 e. The third kappa shape index (κ3) is 2.48. The Morgan fingerprint density at radius 3 is 2.46 bits per heavy atom. The van der Waals surface area contributed by atoms with Gasteiger partial charge in [-0.2, -0.15) is 0 Å². The summed E-state index contributed by atoms with van der Waals surface area (Å²) in [5.74, 6) is 3.02. The Kier molecular flexibility index (Phi) is 3.48. The maximum absolute atomic E-state index is 12.9. The minimum absolute atomic E-state index is 0.163. The molecule has 24 heavy (non-hydrogen) atoms. The van der Waals surface area contributed by atoms with Crippen LogP contribution >= 0.6 is 0 Å². The van der Waals surface area contributed by atoms with Crippen molar-refractivity contribution in [3.8, 4) is 0 Å². The van der Waals surface area contributed by atoms with Crippen LogP contribution in [0.4, 0.5) is 0 Å². The zero-order valence-electron chi connectivity index (χ0n) is 14.4. The minimum atomic E-state index is -0.163. The third-order valence-corrected chi connectivity index (χ3v) is 7.17. The SMILES string of the molecule is O=C(NCC12CC3CC(CC(C3)C1)C2)C1NCCc2ccccc21. The van der Waals surface area contributed by atoms with Gasteiger partial charge in [0.2, 0.25) is 5.91 Å². The highest BCUT2D eigenvalue weighted by Gasteiger charge is 2.50. The lowest BCUT2D eigenvalue weighted by Gasteiger charge is -2.57. The molecule has 4 saturated carbocycles. The lowest BCUT2D eigenvalue weighted by Crippen LogP contribution is -2.52. The van der Waals surface area contributed by atoms with E-state index in [4.69, 9.17) is 0 Å². The summed E-state index contributed by atoms with van der Waals surface area (Å²) in [5.41, 5.74) is 2.91. The average Bonchev–Trinajstić information content (AvgIpc) is 2.58. The Bertz CT molecular complexity index is 618. The largest absolute Gasteiger partial charge is 0.354 e. The van der Waals surface area contributed by atoms with Crippen LogP contribution in [0, 0.1) is 23.2 Å². The fourth-order valence-electron chi connectivity index (χ4n) is 6.62. The van der Waals surface area contributed by atoms with Gasteiger partial charge < -0.3 is 10.6 Å². The minimum Gasteiger partial charge on any atom is -0.354 e. The van der Waals surface area contributed by atoms with Crippen LogP contribution < -0.4 is 10.6 Å². The second-order valence-electron chi connectivity index (χ2n) is 8.97. The van der Waals surface area contributed by atoms with Crippen LogP contribution in [-0.2, 0) is 11.2 Å². The Labute approximate surface area is 144 Å². The van der Waals surface area contributed by atoms with Gasteiger partial charge in [0, 0.05) is 13.1 Å². The molecule has 0 aromatic heterocycles. The Morgan fingerprint density at radius 2 is 1.75 bits per heavy atom. The molecule has 0 radical (unpaired) electrons. The lowest BCUT2D eigenvalue weighted by molar-refractivity contribution is -0.125. The first-order chi connectivity index (χ1) is 11.7. The van der Waals surface area contributed by atoms with Gasteiger partial charge in [-0.15, -0.1) is 0 Å². The number of fused-ring (bicyclic) bond motifs is 1. The first-order valence-corrected chi connectivity index (χ1v) is 9.80. The van der Waals surface area contributed by atoms with E-state index in [1.807, 2.05) is 6.07 Å². The number of carbonyl (C=O) groups is 1. The summed E-state index contributed by atoms with van der Waals surface area (Å²) in [5, 5.41) is 6.77. The van der Waals surface area contributed by atoms with Gasteiger partial charge in [0.1, 0.15) is 6.04 Å². The van der Waals surface area contributed by atoms with Gasteiger partial charge in [-0.25, -0.2) is 0 Å². The van der Waals surface area contributed by atoms with Crippen LogP contribution in [0.25, 0.3) is 0 Å². The van der Waals surface area contributed by atoms with Crippen LogP contribution in [0.1, 0.15) is 55.7 Å². The summed E-state index contributed by atoms with van der Waals surface area (Å²) >= 11 is 0. The smallest absolute Gasteiger partial charge is 0.241 e. The molecule has 1 aromatic rings. The van der Waals surface area contributed by atoms with E-state index in [9.17, 15) is 4.79 Å². The number of nitrogens with one attached hydrogen (secondary N) is 2. The lowest BCUT2D eigenvalue weighted by atomic mass is 9.49. The molecule has 6 rings (SSSR count). The van der Waals surface area contributed by atoms with Crippen molar-refractivity contribution in [1.82, 2.24) is 10.6 Å². The second-order valence-corrected chi connectivity index (χ2v) is 8.97. The van der Waals surface area contributed by atoms with Crippen LogP contribution in [0.15, 0.2) is 24.3 Å². The van der Waals surface area contributed by atoms with E-state index >= 15 is 0 Å². The summed E-state index contributed by atoms with van der Waals surface area (Å²) in [6, 6.07) is 8.23. The fourth-order valence-corrected chi connectivity index (χ4v) is 6.62. The van der Waals surface area contributed by atoms with E-state index in [2.05, 4.69) is 28.8 Å². The first-order valence-electron chi connectivity index (χ1n) is 9.80. The van der Waals surface area contributed by atoms with E-state index < -0.39 is 0 Å². The van der Waals surface area contributed by atoms with Gasteiger partial charge in [-0.05, 0) is 79.2 Å². The molecule has 3 heteroatoms. The molecule has 4 fully saturated rings. The van der Waals surface area contributed by atoms with Crippen LogP contribution in [0.3, 0.4) is 0 Å². The standard InChI is InChI=1S/C21H28N2O/c24-20(19-18-4-2-1-3-17(18)5-6-22-19)23-13-21-10-14-7-15(11-21)9-16(8-14)12-21/h1-4,14-16,19,22H,5-13H2,(H,23,24). The van der Waals surface area contributed by atoms with Gasteiger partial charge in [0.25, 0.3) is 0 Å². The maximum atomic E-state index is 12.9. The Morgan fingerprint density at radius 1 is 1.08 bits per heavy atom. The van der Waals surface area contributed by atoms with E-state index in [-0.39, 0.29) is 11.9 Å². The fraction of sp³-hybridized carbons (Fsp3) is 0.667. The summed E-state index contributed by atoms with van der Waals surface area (Å²) in [4.78, 5) is 12.9. The number of carbonyl (C=O) groups excluding carboxylic acids is 1. The van der Waals surface area contributed by atoms with Crippen LogP contribution in [-0.4, -0.2) is 19.0 Å². The van der Waals surface area contributed by atoms with E-state index in [0.29, 0.717) is 5.41 Å². The van der Waals surface area contributed by atoms with Crippen molar-refractivity contribution in [3.05, 3.63) is 35.4 Å². The summed E-state index contributed by atoms with van der Waals surface area (Å²) in [7, 11) is 0. The molecule has 0 saturated heterocycles. The number of benzene rings is 1. The molecular weight excluding hydrogens is 296 g/mol. The molecule has 2 N–H and O–H groups in total. The molecule has 1 aliphatic heterocycles. The highest BCUT2D eigenvalue weighted by atomic mass is 16.2. The molecule has 1 unspecified atom stereocenters. The van der Waals surface area contributed by atoms with Crippen molar-refractivity contribution in [2.45, 2.75) is 51.0 Å². The van der Waals surface area contributed by atoms with E-state index in [0.717, 1.165) is 37.3 Å². The van der Waals surface area contributed by atoms with E-state index in [1.54, 1.807) is 0 Å². The molecular formula is C21H28N2O. The van der Waals surface area contributed by atoms with Crippen LogP contribution in [0.2, 0.25) is 0 Å². The zero-order valence-corrected chi connectivity index (χ0v) is 14.4.